The molecule has 3 aromatic rings. The molecule has 4 rings (SSSR count). The molecule has 1 aliphatic rings. The van der Waals surface area contributed by atoms with Crippen LogP contribution in [0.3, 0.4) is 0 Å². The van der Waals surface area contributed by atoms with E-state index >= 15 is 0 Å². The fourth-order valence-corrected chi connectivity index (χ4v) is 4.27. The Morgan fingerprint density at radius 3 is 2.26 bits per heavy atom. The summed E-state index contributed by atoms with van der Waals surface area (Å²) in [5.74, 6) is 3.42. The first kappa shape index (κ1) is 23.4. The molecule has 1 fully saturated rings. The largest absolute Gasteiger partial charge is 0.493 e. The summed E-state index contributed by atoms with van der Waals surface area (Å²) in [6, 6.07) is 9.38. The minimum Gasteiger partial charge on any atom is -0.493 e. The van der Waals surface area contributed by atoms with Gasteiger partial charge in [-0.25, -0.2) is 9.97 Å². The van der Waals surface area contributed by atoms with Crippen LogP contribution in [0.1, 0.15) is 19.8 Å². The van der Waals surface area contributed by atoms with Gasteiger partial charge < -0.3 is 29.6 Å². The van der Waals surface area contributed by atoms with Gasteiger partial charge in [-0.15, -0.1) is 0 Å². The summed E-state index contributed by atoms with van der Waals surface area (Å²) < 4.78 is 22.2. The summed E-state index contributed by atoms with van der Waals surface area (Å²) >= 11 is 0. The molecule has 1 amide bonds. The Balaban J connectivity index is 1.86. The summed E-state index contributed by atoms with van der Waals surface area (Å²) in [5, 5.41) is 0.849. The third kappa shape index (κ3) is 4.50. The number of aromatic nitrogens is 2. The molecule has 0 atom stereocenters. The van der Waals surface area contributed by atoms with E-state index in [9.17, 15) is 4.79 Å². The molecule has 2 heterocycles. The van der Waals surface area contributed by atoms with E-state index in [1.807, 2.05) is 37.3 Å². The molecule has 1 aromatic heterocycles. The molecule has 2 N–H and O–H groups in total. The molecular weight excluding hydrogens is 436 g/mol. The molecule has 0 unspecified atom stereocenters. The number of amides is 1. The summed E-state index contributed by atoms with van der Waals surface area (Å²) in [7, 11) is 4.80. The number of carbonyl (C=O) groups excluding carboxylic acids is 1. The normalized spacial score (nSPS) is 14.2. The van der Waals surface area contributed by atoms with Crippen LogP contribution < -0.4 is 29.6 Å². The van der Waals surface area contributed by atoms with E-state index < -0.39 is 0 Å². The van der Waals surface area contributed by atoms with Crippen LogP contribution in [0.15, 0.2) is 30.3 Å². The van der Waals surface area contributed by atoms with E-state index in [2.05, 4.69) is 4.90 Å². The van der Waals surface area contributed by atoms with Crippen LogP contribution in [-0.4, -0.2) is 56.9 Å². The first-order valence-corrected chi connectivity index (χ1v) is 11.3. The summed E-state index contributed by atoms with van der Waals surface area (Å²) in [4.78, 5) is 23.6. The number of rotatable bonds is 8. The number of hydrogen-bond donors (Lipinski definition) is 1. The molecule has 0 radical (unpaired) electrons. The predicted octanol–water partition coefficient (Wildman–Crippen LogP) is 3.42. The van der Waals surface area contributed by atoms with Crippen LogP contribution >= 0.6 is 0 Å². The Kier molecular flexibility index (Phi) is 6.90. The number of anilines is 1. The Bertz CT molecular complexity index is 1190. The number of benzene rings is 2. The second-order valence-corrected chi connectivity index (χ2v) is 8.06. The highest BCUT2D eigenvalue weighted by Crippen LogP contribution is 2.38. The van der Waals surface area contributed by atoms with Crippen molar-refractivity contribution in [1.82, 2.24) is 9.97 Å². The molecular formula is C25H30N4O5. The van der Waals surface area contributed by atoms with Gasteiger partial charge in [0.2, 0.25) is 5.91 Å². The van der Waals surface area contributed by atoms with Crippen LogP contribution in [0.25, 0.3) is 22.3 Å². The zero-order valence-corrected chi connectivity index (χ0v) is 20.0. The molecule has 9 nitrogen and oxygen atoms in total. The number of nitrogens with zero attached hydrogens (tertiary/aromatic N) is 3. The monoisotopic (exact) mass is 466 g/mol. The van der Waals surface area contributed by atoms with Crippen molar-refractivity contribution in [3.05, 3.63) is 30.3 Å². The van der Waals surface area contributed by atoms with Gasteiger partial charge in [-0.1, -0.05) is 0 Å². The van der Waals surface area contributed by atoms with Gasteiger partial charge in [0, 0.05) is 36.0 Å². The second kappa shape index (κ2) is 10.0. The number of carbonyl (C=O) groups is 1. The van der Waals surface area contributed by atoms with E-state index in [0.29, 0.717) is 61.4 Å². The maximum absolute atomic E-state index is 11.7. The van der Waals surface area contributed by atoms with Crippen LogP contribution in [0.5, 0.6) is 23.0 Å². The van der Waals surface area contributed by atoms with Crippen LogP contribution in [-0.2, 0) is 4.79 Å². The Morgan fingerprint density at radius 2 is 1.65 bits per heavy atom. The standard InChI is InChI=1S/C25H30N4O5/c1-5-34-22-14-18-17(13-21(22)33-4)25(29-10-8-15(9-11-29)23(26)30)28-24(27-18)16-6-7-19(31-2)20(12-16)32-3/h6-7,12-15H,5,8-11H2,1-4H3,(H2,26,30). The van der Waals surface area contributed by atoms with Gasteiger partial charge in [-0.3, -0.25) is 4.79 Å². The molecule has 1 aliphatic heterocycles. The summed E-state index contributed by atoms with van der Waals surface area (Å²) in [5.41, 5.74) is 7.07. The lowest BCUT2D eigenvalue weighted by atomic mass is 9.96. The fraction of sp³-hybridized carbons (Fsp3) is 0.400. The van der Waals surface area contributed by atoms with Crippen molar-refractivity contribution in [2.24, 2.45) is 11.7 Å². The molecule has 0 bridgehead atoms. The lowest BCUT2D eigenvalue weighted by molar-refractivity contribution is -0.122. The Hall–Kier alpha value is -3.75. The Morgan fingerprint density at radius 1 is 0.971 bits per heavy atom. The highest BCUT2D eigenvalue weighted by molar-refractivity contribution is 5.94. The number of hydrogen-bond acceptors (Lipinski definition) is 8. The van der Waals surface area contributed by atoms with Gasteiger partial charge >= 0.3 is 0 Å². The first-order valence-electron chi connectivity index (χ1n) is 11.3. The van der Waals surface area contributed by atoms with Gasteiger partial charge in [0.05, 0.1) is 33.5 Å². The average molecular weight is 467 g/mol. The van der Waals surface area contributed by atoms with E-state index in [0.717, 1.165) is 22.3 Å². The number of nitrogens with two attached hydrogens (primary N) is 1. The lowest BCUT2D eigenvalue weighted by Gasteiger charge is -2.32. The molecule has 34 heavy (non-hydrogen) atoms. The minimum absolute atomic E-state index is 0.117. The van der Waals surface area contributed by atoms with Crippen LogP contribution in [0, 0.1) is 5.92 Å². The number of ether oxygens (including phenoxy) is 4. The number of piperidine rings is 1. The van der Waals surface area contributed by atoms with Crippen molar-refractivity contribution >= 4 is 22.6 Å². The summed E-state index contributed by atoms with van der Waals surface area (Å²) in [6.07, 6.45) is 1.36. The van der Waals surface area contributed by atoms with Crippen molar-refractivity contribution in [3.8, 4) is 34.4 Å². The van der Waals surface area contributed by atoms with E-state index in [1.54, 1.807) is 21.3 Å². The minimum atomic E-state index is -0.249. The summed E-state index contributed by atoms with van der Waals surface area (Å²) in [6.45, 7) is 3.76. The maximum Gasteiger partial charge on any atom is 0.220 e. The van der Waals surface area contributed by atoms with E-state index in [-0.39, 0.29) is 11.8 Å². The van der Waals surface area contributed by atoms with Crippen molar-refractivity contribution in [3.63, 3.8) is 0 Å². The van der Waals surface area contributed by atoms with Gasteiger partial charge in [-0.2, -0.15) is 0 Å². The molecule has 180 valence electrons. The third-order valence-corrected chi connectivity index (χ3v) is 6.10. The predicted molar refractivity (Wildman–Crippen MR) is 130 cm³/mol. The Labute approximate surface area is 198 Å². The molecule has 9 heteroatoms. The van der Waals surface area contributed by atoms with Gasteiger partial charge in [0.15, 0.2) is 28.8 Å². The van der Waals surface area contributed by atoms with Gasteiger partial charge in [0.25, 0.3) is 0 Å². The maximum atomic E-state index is 11.7. The number of primary amides is 1. The first-order chi connectivity index (χ1) is 16.5. The van der Waals surface area contributed by atoms with Crippen molar-refractivity contribution in [2.75, 3.05) is 45.9 Å². The zero-order chi connectivity index (χ0) is 24.2. The van der Waals surface area contributed by atoms with Crippen molar-refractivity contribution in [1.29, 1.82) is 0 Å². The average Bonchev–Trinajstić information content (AvgIpc) is 2.87. The molecule has 0 aliphatic carbocycles. The van der Waals surface area contributed by atoms with Gasteiger partial charge in [-0.05, 0) is 44.0 Å². The molecule has 2 aromatic carbocycles. The van der Waals surface area contributed by atoms with E-state index in [1.165, 1.54) is 0 Å². The fourth-order valence-electron chi connectivity index (χ4n) is 4.27. The third-order valence-electron chi connectivity index (χ3n) is 6.10. The highest BCUT2D eigenvalue weighted by atomic mass is 16.5. The molecule has 1 saturated heterocycles. The number of methoxy groups -OCH3 is 3. The van der Waals surface area contributed by atoms with Gasteiger partial charge in [0.1, 0.15) is 5.82 Å². The smallest absolute Gasteiger partial charge is 0.220 e. The zero-order valence-electron chi connectivity index (χ0n) is 20.0. The topological polar surface area (TPSA) is 109 Å². The van der Waals surface area contributed by atoms with Crippen LogP contribution in [0.4, 0.5) is 5.82 Å². The molecule has 0 spiro atoms. The van der Waals surface area contributed by atoms with Crippen molar-refractivity contribution < 1.29 is 23.7 Å². The van der Waals surface area contributed by atoms with E-state index in [4.69, 9.17) is 34.6 Å². The molecule has 0 saturated carbocycles. The lowest BCUT2D eigenvalue weighted by Crippen LogP contribution is -2.39. The highest BCUT2D eigenvalue weighted by Gasteiger charge is 2.26. The number of fused-ring (bicyclic) bond motifs is 1. The SMILES string of the molecule is CCOc1cc2nc(-c3ccc(OC)c(OC)c3)nc(N3CCC(C(N)=O)CC3)c2cc1OC. The van der Waals surface area contributed by atoms with Crippen LogP contribution in [0.2, 0.25) is 0 Å². The second-order valence-electron chi connectivity index (χ2n) is 8.06. The quantitative estimate of drug-likeness (QED) is 0.538. The van der Waals surface area contributed by atoms with Crippen molar-refractivity contribution in [2.45, 2.75) is 19.8 Å².